The van der Waals surface area contributed by atoms with Crippen molar-refractivity contribution in [2.75, 3.05) is 9.80 Å². The molecule has 4 aromatic heterocycles. The lowest BCUT2D eigenvalue weighted by molar-refractivity contribution is 1.18. The number of hydrogen-bond donors (Lipinski definition) is 0. The Morgan fingerprint density at radius 2 is 0.345 bits per heavy atom. The van der Waals surface area contributed by atoms with Gasteiger partial charge in [-0.1, -0.05) is 146 Å². The first kappa shape index (κ1) is 47.5. The summed E-state index contributed by atoms with van der Waals surface area (Å²) in [5.41, 5.74) is 20.2. The molecule has 84 heavy (non-hydrogen) atoms. The molecular formula is C78H52N6. The van der Waals surface area contributed by atoms with Crippen molar-refractivity contribution < 1.29 is 0 Å². The number of fused-ring (bicyclic) bond motifs is 12. The Bertz CT molecular complexity index is 4710. The van der Waals surface area contributed by atoms with E-state index in [9.17, 15) is 0 Å². The van der Waals surface area contributed by atoms with Gasteiger partial charge in [-0.15, -0.1) is 0 Å². The molecule has 0 unspecified atom stereocenters. The Morgan fingerprint density at radius 1 is 0.155 bits per heavy atom. The summed E-state index contributed by atoms with van der Waals surface area (Å²) in [5, 5.41) is 9.58. The highest BCUT2D eigenvalue weighted by molar-refractivity contribution is 6.15. The molecule has 0 radical (unpaired) electrons. The fraction of sp³-hybridized carbons (Fsp3) is 0. The van der Waals surface area contributed by atoms with Gasteiger partial charge in [0.1, 0.15) is 0 Å². The highest BCUT2D eigenvalue weighted by Gasteiger charge is 2.24. The molecule has 0 saturated carbocycles. The molecule has 0 saturated heterocycles. The molecule has 4 heterocycles. The van der Waals surface area contributed by atoms with Crippen LogP contribution in [0.5, 0.6) is 0 Å². The Morgan fingerprint density at radius 3 is 0.583 bits per heavy atom. The number of nitrogens with zero attached hydrogens (tertiary/aromatic N) is 6. The highest BCUT2D eigenvalue weighted by atomic mass is 15.2. The average Bonchev–Trinajstić information content (AvgIpc) is 2.17. The standard InChI is InChI=1S/C78H52N6/c1-5-21-53(22-6-1)81-71-33-17-13-29-63(71)67-49-59(41-45-75(67)81)79(60-42-46-76-68(50-60)64-30-14-18-34-72(64)82(76)54-23-7-2-8-24-54)57-37-39-58(40-38-57)80(61-43-47-77-69(51-61)65-31-15-19-35-73(65)83(77)55-25-9-3-10-26-55)62-44-48-78-70(52-62)66-32-16-20-36-74(66)84(78)56-27-11-4-12-28-56/h1-52H. The second-order valence-electron chi connectivity index (χ2n) is 21.7. The maximum absolute atomic E-state index is 2.44. The lowest BCUT2D eigenvalue weighted by Crippen LogP contribution is -2.12. The zero-order valence-electron chi connectivity index (χ0n) is 45.7. The highest BCUT2D eigenvalue weighted by Crippen LogP contribution is 2.46. The van der Waals surface area contributed by atoms with Gasteiger partial charge >= 0.3 is 0 Å². The minimum absolute atomic E-state index is 1.04. The van der Waals surface area contributed by atoms with Gasteiger partial charge in [0.05, 0.1) is 44.1 Å². The molecule has 0 fully saturated rings. The average molecular weight is 1070 g/mol. The van der Waals surface area contributed by atoms with Crippen molar-refractivity contribution >= 4 is 121 Å². The summed E-state index contributed by atoms with van der Waals surface area (Å²) in [7, 11) is 0. The van der Waals surface area contributed by atoms with E-state index in [-0.39, 0.29) is 0 Å². The van der Waals surface area contributed by atoms with Gasteiger partial charge in [-0.2, -0.15) is 0 Å². The van der Waals surface area contributed by atoms with E-state index in [1.807, 2.05) is 0 Å². The third-order valence-corrected chi connectivity index (χ3v) is 17.1. The van der Waals surface area contributed by atoms with Crippen molar-refractivity contribution in [1.82, 2.24) is 18.3 Å². The molecule has 0 bridgehead atoms. The summed E-state index contributed by atoms with van der Waals surface area (Å²) in [6.07, 6.45) is 0. The van der Waals surface area contributed by atoms with E-state index in [0.29, 0.717) is 0 Å². The molecule has 0 aliphatic heterocycles. The number of anilines is 6. The first-order chi connectivity index (χ1) is 41.7. The van der Waals surface area contributed by atoms with Crippen LogP contribution in [0.3, 0.4) is 0 Å². The first-order valence-electron chi connectivity index (χ1n) is 28.8. The van der Waals surface area contributed by atoms with Gasteiger partial charge in [-0.3, -0.25) is 0 Å². The molecule has 0 atom stereocenters. The van der Waals surface area contributed by atoms with Crippen molar-refractivity contribution in [3.63, 3.8) is 0 Å². The molecule has 0 amide bonds. The number of rotatable bonds is 10. The molecular weight excluding hydrogens is 1020 g/mol. The molecule has 0 aliphatic carbocycles. The lowest BCUT2D eigenvalue weighted by atomic mass is 10.1. The first-order valence-corrected chi connectivity index (χ1v) is 28.8. The monoisotopic (exact) mass is 1070 g/mol. The summed E-state index contributed by atoms with van der Waals surface area (Å²) >= 11 is 0. The van der Waals surface area contributed by atoms with Gasteiger partial charge in [0.15, 0.2) is 0 Å². The van der Waals surface area contributed by atoms with Crippen LogP contribution in [0.2, 0.25) is 0 Å². The maximum Gasteiger partial charge on any atom is 0.0542 e. The largest absolute Gasteiger partial charge is 0.310 e. The quantitative estimate of drug-likeness (QED) is 0.136. The predicted octanol–water partition coefficient (Wildman–Crippen LogP) is 21.0. The SMILES string of the molecule is c1ccc(-n2c3ccccc3c3cc(N(c4ccc(N(c5ccc6c(c5)c5ccccc5n6-c5ccccc5)c5ccc6c(c5)c5ccccc5n6-c5ccccc5)cc4)c4ccc5c(c4)c4ccccc4n5-c4ccccc4)ccc32)cc1. The van der Waals surface area contributed by atoms with E-state index in [1.165, 1.54) is 65.2 Å². The van der Waals surface area contributed by atoms with E-state index in [0.717, 1.165) is 78.9 Å². The van der Waals surface area contributed by atoms with Crippen LogP contribution in [0.1, 0.15) is 0 Å². The van der Waals surface area contributed by atoms with Gasteiger partial charge < -0.3 is 28.1 Å². The van der Waals surface area contributed by atoms with E-state index in [4.69, 9.17) is 0 Å². The predicted molar refractivity (Wildman–Crippen MR) is 353 cm³/mol. The minimum Gasteiger partial charge on any atom is -0.310 e. The molecule has 0 aliphatic rings. The Labute approximate surface area is 485 Å². The second-order valence-corrected chi connectivity index (χ2v) is 21.7. The topological polar surface area (TPSA) is 26.2 Å². The third kappa shape index (κ3) is 7.44. The fourth-order valence-corrected chi connectivity index (χ4v) is 13.5. The third-order valence-electron chi connectivity index (χ3n) is 17.1. The van der Waals surface area contributed by atoms with Crippen LogP contribution in [0, 0.1) is 0 Å². The summed E-state index contributed by atoms with van der Waals surface area (Å²) in [6.45, 7) is 0. The van der Waals surface area contributed by atoms with Crippen LogP contribution in [-0.2, 0) is 0 Å². The Kier molecular flexibility index (Phi) is 10.8. The van der Waals surface area contributed by atoms with Crippen molar-refractivity contribution in [3.8, 4) is 22.7 Å². The maximum atomic E-state index is 2.44. The molecule has 13 aromatic carbocycles. The molecule has 0 spiro atoms. The van der Waals surface area contributed by atoms with Crippen molar-refractivity contribution in [2.45, 2.75) is 0 Å². The van der Waals surface area contributed by atoms with E-state index in [2.05, 4.69) is 344 Å². The van der Waals surface area contributed by atoms with Crippen LogP contribution < -0.4 is 9.80 Å². The van der Waals surface area contributed by atoms with E-state index >= 15 is 0 Å². The van der Waals surface area contributed by atoms with Crippen LogP contribution in [-0.4, -0.2) is 18.3 Å². The molecule has 0 N–H and O–H groups in total. The molecule has 17 rings (SSSR count). The van der Waals surface area contributed by atoms with Crippen LogP contribution in [0.25, 0.3) is 110 Å². The van der Waals surface area contributed by atoms with Crippen molar-refractivity contribution in [3.05, 3.63) is 315 Å². The Balaban J connectivity index is 0.876. The Hall–Kier alpha value is -11.3. The summed E-state index contributed by atoms with van der Waals surface area (Å²) < 4.78 is 9.56. The lowest BCUT2D eigenvalue weighted by Gasteiger charge is -2.29. The van der Waals surface area contributed by atoms with Gasteiger partial charge in [-0.05, 0) is 170 Å². The zero-order valence-corrected chi connectivity index (χ0v) is 45.7. The molecule has 394 valence electrons. The molecule has 17 aromatic rings. The number of aromatic nitrogens is 4. The summed E-state index contributed by atoms with van der Waals surface area (Å²) in [4.78, 5) is 4.87. The van der Waals surface area contributed by atoms with Crippen LogP contribution in [0.4, 0.5) is 34.1 Å². The number of benzene rings is 13. The smallest absolute Gasteiger partial charge is 0.0542 e. The summed E-state index contributed by atoms with van der Waals surface area (Å²) in [6, 6.07) is 115. The number of hydrogen-bond acceptors (Lipinski definition) is 2. The summed E-state index contributed by atoms with van der Waals surface area (Å²) in [5.74, 6) is 0. The minimum atomic E-state index is 1.04. The second kappa shape index (κ2) is 19.2. The van der Waals surface area contributed by atoms with Crippen molar-refractivity contribution in [1.29, 1.82) is 0 Å². The van der Waals surface area contributed by atoms with Gasteiger partial charge in [0.2, 0.25) is 0 Å². The van der Waals surface area contributed by atoms with E-state index < -0.39 is 0 Å². The van der Waals surface area contributed by atoms with Crippen LogP contribution in [0.15, 0.2) is 315 Å². The van der Waals surface area contributed by atoms with Crippen LogP contribution >= 0.6 is 0 Å². The van der Waals surface area contributed by atoms with Gasteiger partial charge in [0, 0.05) is 100.0 Å². The fourth-order valence-electron chi connectivity index (χ4n) is 13.5. The van der Waals surface area contributed by atoms with Crippen molar-refractivity contribution in [2.24, 2.45) is 0 Å². The number of para-hydroxylation sites is 8. The van der Waals surface area contributed by atoms with Gasteiger partial charge in [0.25, 0.3) is 0 Å². The normalized spacial score (nSPS) is 11.8. The van der Waals surface area contributed by atoms with Gasteiger partial charge in [-0.25, -0.2) is 0 Å². The molecule has 6 heteroatoms. The molecule has 6 nitrogen and oxygen atoms in total. The zero-order chi connectivity index (χ0) is 55.2. The van der Waals surface area contributed by atoms with E-state index in [1.54, 1.807) is 0 Å².